The van der Waals surface area contributed by atoms with E-state index in [9.17, 15) is 9.18 Å². The van der Waals surface area contributed by atoms with E-state index in [0.29, 0.717) is 44.0 Å². The van der Waals surface area contributed by atoms with Gasteiger partial charge in [-0.2, -0.15) is 0 Å². The summed E-state index contributed by atoms with van der Waals surface area (Å²) in [4.78, 5) is 16.0. The monoisotopic (exact) mass is 542 g/mol. The van der Waals surface area contributed by atoms with Crippen molar-refractivity contribution < 1.29 is 9.18 Å². The summed E-state index contributed by atoms with van der Waals surface area (Å²) in [5, 5.41) is 9.13. The topological polar surface area (TPSA) is 65.5 Å². The smallest absolute Gasteiger partial charge is 0.221 e. The number of aliphatic imine (C=N–C) groups is 1. The normalized spacial score (nSPS) is 10.8. The molecule has 0 radical (unpaired) electrons. The van der Waals surface area contributed by atoms with Crippen LogP contribution in [-0.4, -0.2) is 38.0 Å². The van der Waals surface area contributed by atoms with E-state index in [2.05, 4.69) is 36.9 Å². The van der Waals surface area contributed by atoms with Crippen LogP contribution in [0.3, 0.4) is 0 Å². The Morgan fingerprint density at radius 2 is 1.96 bits per heavy atom. The molecule has 1 rings (SSSR count). The lowest BCUT2D eigenvalue weighted by Gasteiger charge is -2.11. The molecule has 0 saturated carbocycles. The molecule has 5 nitrogen and oxygen atoms in total. The molecule has 8 heteroatoms. The zero-order valence-corrected chi connectivity index (χ0v) is 19.3. The Kier molecular flexibility index (Phi) is 14.7. The molecule has 1 aromatic carbocycles. The Balaban J connectivity index is 0.00000625. The molecule has 26 heavy (non-hydrogen) atoms. The zero-order chi connectivity index (χ0) is 18.5. The molecule has 1 aromatic rings. The second-order valence-electron chi connectivity index (χ2n) is 5.63. The van der Waals surface area contributed by atoms with E-state index in [1.54, 1.807) is 6.07 Å². The van der Waals surface area contributed by atoms with Crippen molar-refractivity contribution in [3.63, 3.8) is 0 Å². The third-order valence-corrected chi connectivity index (χ3v) is 3.94. The van der Waals surface area contributed by atoms with E-state index < -0.39 is 0 Å². The van der Waals surface area contributed by atoms with Crippen molar-refractivity contribution in [3.8, 4) is 0 Å². The Hall–Kier alpha value is -0.900. The van der Waals surface area contributed by atoms with Crippen molar-refractivity contribution in [2.75, 3.05) is 26.2 Å². The summed E-state index contributed by atoms with van der Waals surface area (Å²) in [7, 11) is 0. The first-order chi connectivity index (χ1) is 12.1. The quantitative estimate of drug-likeness (QED) is 0.183. The van der Waals surface area contributed by atoms with Gasteiger partial charge in [0, 0.05) is 37.1 Å². The minimum Gasteiger partial charge on any atom is -0.357 e. The van der Waals surface area contributed by atoms with Gasteiger partial charge < -0.3 is 16.0 Å². The van der Waals surface area contributed by atoms with E-state index in [1.165, 1.54) is 6.07 Å². The van der Waals surface area contributed by atoms with E-state index >= 15 is 0 Å². The van der Waals surface area contributed by atoms with Crippen LogP contribution in [0.4, 0.5) is 4.39 Å². The maximum Gasteiger partial charge on any atom is 0.221 e. The van der Waals surface area contributed by atoms with Gasteiger partial charge in [-0.3, -0.25) is 9.79 Å². The summed E-state index contributed by atoms with van der Waals surface area (Å²) in [6, 6.07) is 5.12. The number of nitrogens with one attached hydrogen (secondary N) is 3. The van der Waals surface area contributed by atoms with Crippen LogP contribution >= 0.6 is 39.9 Å². The molecule has 3 N–H and O–H groups in total. The number of aryl methyl sites for hydroxylation is 1. The summed E-state index contributed by atoms with van der Waals surface area (Å²) in [5.74, 6) is 0.527. The third-order valence-electron chi connectivity index (χ3n) is 3.45. The van der Waals surface area contributed by atoms with Gasteiger partial charge in [0.05, 0.1) is 0 Å². The van der Waals surface area contributed by atoms with Gasteiger partial charge in [-0.25, -0.2) is 4.39 Å². The van der Waals surface area contributed by atoms with Crippen LogP contribution in [0.25, 0.3) is 0 Å². The van der Waals surface area contributed by atoms with Crippen LogP contribution in [-0.2, 0) is 11.2 Å². The zero-order valence-electron chi connectivity index (χ0n) is 15.4. The molecule has 1 amide bonds. The largest absolute Gasteiger partial charge is 0.357 e. The summed E-state index contributed by atoms with van der Waals surface area (Å²) >= 11 is 3.26. The number of amides is 1. The second kappa shape index (κ2) is 15.2. The minimum absolute atomic E-state index is 0. The van der Waals surface area contributed by atoms with Gasteiger partial charge in [0.1, 0.15) is 5.82 Å². The summed E-state index contributed by atoms with van der Waals surface area (Å²) in [6.45, 7) is 6.58. The predicted molar refractivity (Wildman–Crippen MR) is 120 cm³/mol. The third kappa shape index (κ3) is 10.9. The van der Waals surface area contributed by atoms with Gasteiger partial charge in [-0.05, 0) is 43.9 Å². The molecule has 0 aliphatic heterocycles. The molecular formula is C18H29BrFIN4O. The Bertz CT molecular complexity index is 572. The molecule has 0 heterocycles. The Labute approximate surface area is 181 Å². The highest BCUT2D eigenvalue weighted by atomic mass is 127. The van der Waals surface area contributed by atoms with Crippen molar-refractivity contribution in [1.82, 2.24) is 16.0 Å². The summed E-state index contributed by atoms with van der Waals surface area (Å²) < 4.78 is 14.5. The SMILES string of the molecule is CCCNC(=O)CCNC(=NCCCc1ccc(Br)cc1F)NCC.I. The van der Waals surface area contributed by atoms with Gasteiger partial charge in [0.2, 0.25) is 5.91 Å². The molecule has 0 fully saturated rings. The molecule has 0 unspecified atom stereocenters. The molecule has 0 aliphatic carbocycles. The van der Waals surface area contributed by atoms with Gasteiger partial charge in [0.15, 0.2) is 5.96 Å². The van der Waals surface area contributed by atoms with Gasteiger partial charge >= 0.3 is 0 Å². The highest BCUT2D eigenvalue weighted by Gasteiger charge is 2.04. The fourth-order valence-electron chi connectivity index (χ4n) is 2.17. The van der Waals surface area contributed by atoms with Crippen LogP contribution in [0.1, 0.15) is 38.7 Å². The molecule has 0 bridgehead atoms. The molecular weight excluding hydrogens is 514 g/mol. The number of rotatable bonds is 10. The average Bonchev–Trinajstić information content (AvgIpc) is 2.58. The minimum atomic E-state index is -0.193. The maximum absolute atomic E-state index is 13.8. The first-order valence-electron chi connectivity index (χ1n) is 8.79. The van der Waals surface area contributed by atoms with Crippen LogP contribution in [0.5, 0.6) is 0 Å². The fraction of sp³-hybridized carbons (Fsp3) is 0.556. The van der Waals surface area contributed by atoms with Gasteiger partial charge in [-0.1, -0.05) is 28.9 Å². The fourth-order valence-corrected chi connectivity index (χ4v) is 2.51. The van der Waals surface area contributed by atoms with Crippen LogP contribution in [0, 0.1) is 5.82 Å². The Morgan fingerprint density at radius 1 is 1.19 bits per heavy atom. The Morgan fingerprint density at radius 3 is 2.62 bits per heavy atom. The van der Waals surface area contributed by atoms with Crippen molar-refractivity contribution in [2.45, 2.75) is 39.5 Å². The van der Waals surface area contributed by atoms with E-state index in [0.717, 1.165) is 23.9 Å². The maximum atomic E-state index is 13.8. The van der Waals surface area contributed by atoms with Crippen LogP contribution in [0.2, 0.25) is 0 Å². The van der Waals surface area contributed by atoms with Gasteiger partial charge in [0.25, 0.3) is 0 Å². The van der Waals surface area contributed by atoms with Crippen molar-refractivity contribution in [3.05, 3.63) is 34.1 Å². The first-order valence-corrected chi connectivity index (χ1v) is 9.58. The van der Waals surface area contributed by atoms with Crippen molar-refractivity contribution in [1.29, 1.82) is 0 Å². The number of guanidine groups is 1. The van der Waals surface area contributed by atoms with Gasteiger partial charge in [-0.15, -0.1) is 24.0 Å². The molecule has 0 aromatic heterocycles. The summed E-state index contributed by atoms with van der Waals surface area (Å²) in [6.07, 6.45) is 2.74. The number of carbonyl (C=O) groups excluding carboxylic acids is 1. The second-order valence-corrected chi connectivity index (χ2v) is 6.54. The lowest BCUT2D eigenvalue weighted by Crippen LogP contribution is -2.39. The lowest BCUT2D eigenvalue weighted by atomic mass is 10.1. The lowest BCUT2D eigenvalue weighted by molar-refractivity contribution is -0.120. The number of benzene rings is 1. The molecule has 148 valence electrons. The molecule has 0 aliphatic rings. The van der Waals surface area contributed by atoms with Crippen LogP contribution < -0.4 is 16.0 Å². The first kappa shape index (κ1) is 25.1. The molecule has 0 atom stereocenters. The van der Waals surface area contributed by atoms with E-state index in [1.807, 2.05) is 19.9 Å². The van der Waals surface area contributed by atoms with Crippen LogP contribution in [0.15, 0.2) is 27.7 Å². The van der Waals surface area contributed by atoms with Crippen molar-refractivity contribution >= 4 is 51.8 Å². The number of nitrogens with zero attached hydrogens (tertiary/aromatic N) is 1. The summed E-state index contributed by atoms with van der Waals surface area (Å²) in [5.41, 5.74) is 0.698. The molecule has 0 spiro atoms. The van der Waals surface area contributed by atoms with Crippen molar-refractivity contribution in [2.24, 2.45) is 4.99 Å². The van der Waals surface area contributed by atoms with E-state index in [4.69, 9.17) is 0 Å². The highest BCUT2D eigenvalue weighted by Crippen LogP contribution is 2.16. The van der Waals surface area contributed by atoms with E-state index in [-0.39, 0.29) is 35.7 Å². The number of hydrogen-bond donors (Lipinski definition) is 3. The standard InChI is InChI=1S/C18H28BrFN4O.HI/c1-3-10-22-17(25)9-12-24-18(21-4-2)23-11-5-6-14-7-8-15(19)13-16(14)20;/h7-8,13H,3-6,9-12H2,1-2H3,(H,22,25)(H2,21,23,24);1H. The highest BCUT2D eigenvalue weighted by molar-refractivity contribution is 14.0. The average molecular weight is 543 g/mol. The number of hydrogen-bond acceptors (Lipinski definition) is 2. The number of halogens is 3. The number of carbonyl (C=O) groups is 1. The molecule has 0 saturated heterocycles. The predicted octanol–water partition coefficient (Wildman–Crippen LogP) is 3.61.